The van der Waals surface area contributed by atoms with E-state index in [4.69, 9.17) is 0 Å². The van der Waals surface area contributed by atoms with Crippen LogP contribution in [0.15, 0.2) is 0 Å². The molecule has 0 aromatic carbocycles. The van der Waals surface area contributed by atoms with Gasteiger partial charge in [0, 0.05) is 25.7 Å². The van der Waals surface area contributed by atoms with Crippen LogP contribution in [0.5, 0.6) is 0 Å². The van der Waals surface area contributed by atoms with E-state index in [-0.39, 0.29) is 0 Å². The maximum Gasteiger partial charge on any atom is 0.00385 e. The monoisotopic (exact) mass is 240 g/mol. The molecule has 0 atom stereocenters. The summed E-state index contributed by atoms with van der Waals surface area (Å²) in [6, 6.07) is 0.745. The average Bonchev–Trinajstić information content (AvgIpc) is 2.30. The Bertz CT molecular complexity index is 189. The zero-order valence-corrected chi connectivity index (χ0v) is 12.6. The molecule has 2 nitrogen and oxygen atoms in total. The van der Waals surface area contributed by atoms with Crippen LogP contribution >= 0.6 is 0 Å². The number of likely N-dealkylation sites (tertiary alicyclic amines) is 2. The molecule has 0 aromatic heterocycles. The molecular formula is C15H32N2. The first-order chi connectivity index (χ1) is 8.15. The molecule has 2 aliphatic heterocycles. The molecule has 2 rings (SSSR count). The Morgan fingerprint density at radius 1 is 1.06 bits per heavy atom. The first-order valence-corrected chi connectivity index (χ1v) is 7.61. The molecule has 0 unspecified atom stereocenters. The van der Waals surface area contributed by atoms with E-state index in [9.17, 15) is 0 Å². The molecule has 2 heterocycles. The number of nitrogens with zero attached hydrogens (tertiary/aromatic N) is 2. The maximum absolute atomic E-state index is 2.64. The second-order valence-corrected chi connectivity index (χ2v) is 5.90. The molecule has 102 valence electrons. The van der Waals surface area contributed by atoms with Crippen LogP contribution in [0.1, 0.15) is 47.5 Å². The summed E-state index contributed by atoms with van der Waals surface area (Å²) in [5.41, 5.74) is 0. The van der Waals surface area contributed by atoms with Gasteiger partial charge in [-0.25, -0.2) is 0 Å². The molecule has 2 fully saturated rings. The van der Waals surface area contributed by atoms with Crippen molar-refractivity contribution < 1.29 is 0 Å². The molecule has 0 spiro atoms. The summed E-state index contributed by atoms with van der Waals surface area (Å²) in [6.07, 6.45) is 2.84. The summed E-state index contributed by atoms with van der Waals surface area (Å²) in [7, 11) is 0. The van der Waals surface area contributed by atoms with E-state index < -0.39 is 0 Å². The van der Waals surface area contributed by atoms with Crippen LogP contribution < -0.4 is 0 Å². The van der Waals surface area contributed by atoms with Gasteiger partial charge in [0.25, 0.3) is 0 Å². The SMILES string of the molecule is CC.CC1CN(CC2CCN(C(C)C)CC2)C1. The summed E-state index contributed by atoms with van der Waals surface area (Å²) in [4.78, 5) is 5.26. The summed E-state index contributed by atoms with van der Waals surface area (Å²) in [6.45, 7) is 17.7. The van der Waals surface area contributed by atoms with Crippen molar-refractivity contribution in [1.29, 1.82) is 0 Å². The van der Waals surface area contributed by atoms with Crippen LogP contribution in [0, 0.1) is 11.8 Å². The van der Waals surface area contributed by atoms with Crippen LogP contribution in [0.2, 0.25) is 0 Å². The second-order valence-electron chi connectivity index (χ2n) is 5.90. The van der Waals surface area contributed by atoms with Crippen molar-refractivity contribution in [2.75, 3.05) is 32.7 Å². The molecule has 0 amide bonds. The minimum Gasteiger partial charge on any atom is -0.302 e. The summed E-state index contributed by atoms with van der Waals surface area (Å²) < 4.78 is 0. The fraction of sp³-hybridized carbons (Fsp3) is 1.00. The van der Waals surface area contributed by atoms with Crippen molar-refractivity contribution in [3.05, 3.63) is 0 Å². The predicted octanol–water partition coefficient (Wildman–Crippen LogP) is 3.08. The molecular weight excluding hydrogens is 208 g/mol. The number of piperidine rings is 1. The van der Waals surface area contributed by atoms with Gasteiger partial charge in [0.15, 0.2) is 0 Å². The van der Waals surface area contributed by atoms with Gasteiger partial charge >= 0.3 is 0 Å². The molecule has 17 heavy (non-hydrogen) atoms. The average molecular weight is 240 g/mol. The number of rotatable bonds is 3. The Hall–Kier alpha value is -0.0800. The minimum atomic E-state index is 0.745. The standard InChI is InChI=1S/C13H26N2.C2H6/c1-11(2)15-6-4-13(5-7-15)10-14-8-12(3)9-14;1-2/h11-13H,4-10H2,1-3H3;1-2H3. The number of hydrogen-bond donors (Lipinski definition) is 0. The molecule has 2 saturated heterocycles. The summed E-state index contributed by atoms with van der Waals surface area (Å²) in [5.74, 6) is 1.94. The second kappa shape index (κ2) is 7.38. The van der Waals surface area contributed by atoms with E-state index >= 15 is 0 Å². The third kappa shape index (κ3) is 4.59. The highest BCUT2D eigenvalue weighted by Crippen LogP contribution is 2.23. The Kier molecular flexibility index (Phi) is 6.50. The fourth-order valence-electron chi connectivity index (χ4n) is 2.99. The third-order valence-electron chi connectivity index (χ3n) is 4.04. The van der Waals surface area contributed by atoms with Crippen LogP contribution in [0.25, 0.3) is 0 Å². The lowest BCUT2D eigenvalue weighted by molar-refractivity contribution is 0.0644. The van der Waals surface area contributed by atoms with Crippen molar-refractivity contribution in [3.63, 3.8) is 0 Å². The Labute approximate surface area is 108 Å². The van der Waals surface area contributed by atoms with E-state index in [1.54, 1.807) is 0 Å². The van der Waals surface area contributed by atoms with Gasteiger partial charge in [-0.05, 0) is 51.6 Å². The maximum atomic E-state index is 2.64. The van der Waals surface area contributed by atoms with Crippen LogP contribution in [0.3, 0.4) is 0 Å². The highest BCUT2D eigenvalue weighted by atomic mass is 15.2. The lowest BCUT2D eigenvalue weighted by Gasteiger charge is -2.42. The van der Waals surface area contributed by atoms with E-state index in [0.717, 1.165) is 17.9 Å². The van der Waals surface area contributed by atoms with E-state index in [1.807, 2.05) is 13.8 Å². The topological polar surface area (TPSA) is 6.48 Å². The highest BCUT2D eigenvalue weighted by Gasteiger charge is 2.27. The smallest absolute Gasteiger partial charge is 0.00385 e. The Morgan fingerprint density at radius 3 is 2.00 bits per heavy atom. The molecule has 0 bridgehead atoms. The zero-order valence-electron chi connectivity index (χ0n) is 12.6. The Morgan fingerprint density at radius 2 is 1.59 bits per heavy atom. The molecule has 0 saturated carbocycles. The highest BCUT2D eigenvalue weighted by molar-refractivity contribution is 4.81. The summed E-state index contributed by atoms with van der Waals surface area (Å²) >= 11 is 0. The number of hydrogen-bond acceptors (Lipinski definition) is 2. The summed E-state index contributed by atoms with van der Waals surface area (Å²) in [5, 5.41) is 0. The first-order valence-electron chi connectivity index (χ1n) is 7.61. The van der Waals surface area contributed by atoms with Gasteiger partial charge in [-0.1, -0.05) is 20.8 Å². The lowest BCUT2D eigenvalue weighted by atomic mass is 9.92. The van der Waals surface area contributed by atoms with Gasteiger partial charge in [-0.3, -0.25) is 0 Å². The largest absolute Gasteiger partial charge is 0.302 e. The quantitative estimate of drug-likeness (QED) is 0.748. The van der Waals surface area contributed by atoms with E-state index in [2.05, 4.69) is 30.6 Å². The van der Waals surface area contributed by atoms with Gasteiger partial charge in [0.1, 0.15) is 0 Å². The van der Waals surface area contributed by atoms with E-state index in [1.165, 1.54) is 45.6 Å². The zero-order chi connectivity index (χ0) is 12.8. The normalized spacial score (nSPS) is 24.4. The van der Waals surface area contributed by atoms with Gasteiger partial charge in [0.05, 0.1) is 0 Å². The van der Waals surface area contributed by atoms with Gasteiger partial charge < -0.3 is 9.80 Å². The molecule has 0 aromatic rings. The van der Waals surface area contributed by atoms with Crippen molar-refractivity contribution in [2.24, 2.45) is 11.8 Å². The molecule has 0 N–H and O–H groups in total. The van der Waals surface area contributed by atoms with Crippen molar-refractivity contribution >= 4 is 0 Å². The fourth-order valence-corrected chi connectivity index (χ4v) is 2.99. The van der Waals surface area contributed by atoms with Crippen LogP contribution in [0.4, 0.5) is 0 Å². The van der Waals surface area contributed by atoms with E-state index in [0.29, 0.717) is 0 Å². The molecule has 2 heteroatoms. The molecule has 0 aliphatic carbocycles. The van der Waals surface area contributed by atoms with Crippen LogP contribution in [-0.4, -0.2) is 48.6 Å². The van der Waals surface area contributed by atoms with Gasteiger partial charge in [-0.15, -0.1) is 0 Å². The third-order valence-corrected chi connectivity index (χ3v) is 4.04. The van der Waals surface area contributed by atoms with Crippen molar-refractivity contribution in [2.45, 2.75) is 53.5 Å². The van der Waals surface area contributed by atoms with Gasteiger partial charge in [0.2, 0.25) is 0 Å². The van der Waals surface area contributed by atoms with Crippen molar-refractivity contribution in [1.82, 2.24) is 9.80 Å². The predicted molar refractivity (Wildman–Crippen MR) is 76.4 cm³/mol. The van der Waals surface area contributed by atoms with Crippen molar-refractivity contribution in [3.8, 4) is 0 Å². The molecule has 2 aliphatic rings. The lowest BCUT2D eigenvalue weighted by Crippen LogP contribution is -2.49. The van der Waals surface area contributed by atoms with Crippen LogP contribution in [-0.2, 0) is 0 Å². The first kappa shape index (κ1) is 15.0. The van der Waals surface area contributed by atoms with Gasteiger partial charge in [-0.2, -0.15) is 0 Å². The Balaban J connectivity index is 0.000000686. The molecule has 0 radical (unpaired) electrons. The minimum absolute atomic E-state index is 0.745.